The number of hydrogen-bond donors (Lipinski definition) is 1. The van der Waals surface area contributed by atoms with Crippen LogP contribution in [0.3, 0.4) is 0 Å². The third-order valence-electron chi connectivity index (χ3n) is 3.83. The van der Waals surface area contributed by atoms with Crippen molar-refractivity contribution in [2.24, 2.45) is 0 Å². The molecule has 1 aliphatic carbocycles. The molecule has 0 aliphatic heterocycles. The first-order chi connectivity index (χ1) is 8.93. The van der Waals surface area contributed by atoms with Gasteiger partial charge in [-0.25, -0.2) is 4.39 Å². The fraction of sp³-hybridized carbons (Fsp3) is 0.533. The van der Waals surface area contributed by atoms with E-state index in [1.54, 1.807) is 26.1 Å². The smallest absolute Gasteiger partial charge is 0.256 e. The standard InChI is InChI=1S/C15H20FNO2/c1-11-6-5-7-12(13(11)16)14(18)17(2)10-15(19)8-3-4-9-15/h5-7,19H,3-4,8-10H2,1-2H3. The number of aliphatic hydroxyl groups is 1. The van der Waals surface area contributed by atoms with Gasteiger partial charge in [0.15, 0.2) is 0 Å². The second kappa shape index (κ2) is 5.29. The monoisotopic (exact) mass is 265 g/mol. The van der Waals surface area contributed by atoms with Crippen LogP contribution in [0.4, 0.5) is 4.39 Å². The molecule has 104 valence electrons. The summed E-state index contributed by atoms with van der Waals surface area (Å²) >= 11 is 0. The lowest BCUT2D eigenvalue weighted by Crippen LogP contribution is -2.42. The number of benzene rings is 1. The number of nitrogens with zero attached hydrogens (tertiary/aromatic N) is 1. The summed E-state index contributed by atoms with van der Waals surface area (Å²) in [5.74, 6) is -0.848. The van der Waals surface area contributed by atoms with Gasteiger partial charge in [0.05, 0.1) is 11.2 Å². The molecule has 1 fully saturated rings. The van der Waals surface area contributed by atoms with Crippen molar-refractivity contribution in [1.82, 2.24) is 4.90 Å². The Morgan fingerprint density at radius 3 is 2.68 bits per heavy atom. The molecule has 1 N–H and O–H groups in total. The summed E-state index contributed by atoms with van der Waals surface area (Å²) in [5, 5.41) is 10.3. The van der Waals surface area contributed by atoms with E-state index >= 15 is 0 Å². The van der Waals surface area contributed by atoms with Crippen molar-refractivity contribution in [1.29, 1.82) is 0 Å². The maximum Gasteiger partial charge on any atom is 0.256 e. The van der Waals surface area contributed by atoms with Crippen LogP contribution in [0.25, 0.3) is 0 Å². The normalized spacial score (nSPS) is 17.5. The van der Waals surface area contributed by atoms with Crippen molar-refractivity contribution in [3.8, 4) is 0 Å². The first-order valence-electron chi connectivity index (χ1n) is 6.66. The van der Waals surface area contributed by atoms with Gasteiger partial charge >= 0.3 is 0 Å². The molecule has 0 bridgehead atoms. The van der Waals surface area contributed by atoms with Gasteiger partial charge in [0.25, 0.3) is 5.91 Å². The number of halogens is 1. The Balaban J connectivity index is 2.12. The lowest BCUT2D eigenvalue weighted by atomic mass is 10.0. The maximum atomic E-state index is 13.9. The van der Waals surface area contributed by atoms with E-state index in [1.807, 2.05) is 0 Å². The molecule has 1 saturated carbocycles. The summed E-state index contributed by atoms with van der Waals surface area (Å²) in [7, 11) is 1.61. The van der Waals surface area contributed by atoms with Crippen LogP contribution in [0.1, 0.15) is 41.6 Å². The minimum absolute atomic E-state index is 0.0732. The van der Waals surface area contributed by atoms with Crippen LogP contribution in [0.5, 0.6) is 0 Å². The Labute approximate surface area is 113 Å². The van der Waals surface area contributed by atoms with Crippen molar-refractivity contribution in [3.05, 3.63) is 35.1 Å². The number of amides is 1. The molecule has 1 aliphatic rings. The number of carbonyl (C=O) groups is 1. The lowest BCUT2D eigenvalue weighted by Gasteiger charge is -2.28. The number of likely N-dealkylation sites (N-methyl/N-ethyl adjacent to an activating group) is 1. The average Bonchev–Trinajstić information content (AvgIpc) is 2.78. The number of hydrogen-bond acceptors (Lipinski definition) is 2. The van der Waals surface area contributed by atoms with Gasteiger partial charge < -0.3 is 10.0 Å². The predicted octanol–water partition coefficient (Wildman–Crippen LogP) is 2.51. The summed E-state index contributed by atoms with van der Waals surface area (Å²) < 4.78 is 13.9. The molecule has 1 aromatic rings. The Hall–Kier alpha value is -1.42. The van der Waals surface area contributed by atoms with Crippen molar-refractivity contribution in [3.63, 3.8) is 0 Å². The van der Waals surface area contributed by atoms with Crippen molar-refractivity contribution in [2.75, 3.05) is 13.6 Å². The number of aryl methyl sites for hydroxylation is 1. The second-order valence-electron chi connectivity index (χ2n) is 5.53. The van der Waals surface area contributed by atoms with E-state index in [0.29, 0.717) is 18.4 Å². The SMILES string of the molecule is Cc1cccc(C(=O)N(C)CC2(O)CCCC2)c1F. The van der Waals surface area contributed by atoms with Gasteiger partial charge in [0.1, 0.15) is 5.82 Å². The third-order valence-corrected chi connectivity index (χ3v) is 3.83. The average molecular weight is 265 g/mol. The summed E-state index contributed by atoms with van der Waals surface area (Å²) in [4.78, 5) is 13.6. The quantitative estimate of drug-likeness (QED) is 0.912. The van der Waals surface area contributed by atoms with E-state index in [1.165, 1.54) is 11.0 Å². The highest BCUT2D eigenvalue weighted by molar-refractivity contribution is 5.94. The number of rotatable bonds is 3. The Morgan fingerprint density at radius 2 is 2.05 bits per heavy atom. The van der Waals surface area contributed by atoms with Crippen LogP contribution in [-0.4, -0.2) is 35.1 Å². The van der Waals surface area contributed by atoms with Gasteiger partial charge in [0.2, 0.25) is 0 Å². The molecule has 4 heteroatoms. The highest BCUT2D eigenvalue weighted by Crippen LogP contribution is 2.30. The molecular formula is C15H20FNO2. The number of carbonyl (C=O) groups excluding carboxylic acids is 1. The van der Waals surface area contributed by atoms with E-state index in [9.17, 15) is 14.3 Å². The predicted molar refractivity (Wildman–Crippen MR) is 71.5 cm³/mol. The van der Waals surface area contributed by atoms with Gasteiger partial charge in [-0.05, 0) is 31.4 Å². The summed E-state index contributed by atoms with van der Waals surface area (Å²) in [6.07, 6.45) is 3.39. The first kappa shape index (κ1) is 14.0. The molecule has 0 radical (unpaired) electrons. The molecule has 3 nitrogen and oxygen atoms in total. The first-order valence-corrected chi connectivity index (χ1v) is 6.66. The third kappa shape index (κ3) is 2.95. The summed E-state index contributed by atoms with van der Waals surface area (Å²) in [6, 6.07) is 4.79. The van der Waals surface area contributed by atoms with Crippen LogP contribution >= 0.6 is 0 Å². The minimum atomic E-state index is -0.801. The van der Waals surface area contributed by atoms with E-state index in [0.717, 1.165) is 12.8 Å². The summed E-state index contributed by atoms with van der Waals surface area (Å²) in [5.41, 5.74) is -0.270. The van der Waals surface area contributed by atoms with Crippen LogP contribution in [0.15, 0.2) is 18.2 Å². The van der Waals surface area contributed by atoms with Crippen LogP contribution in [0, 0.1) is 12.7 Å². The molecule has 0 saturated heterocycles. The molecule has 0 heterocycles. The van der Waals surface area contributed by atoms with Crippen LogP contribution < -0.4 is 0 Å². The molecule has 1 amide bonds. The van der Waals surface area contributed by atoms with Crippen LogP contribution in [-0.2, 0) is 0 Å². The molecule has 2 rings (SSSR count). The van der Waals surface area contributed by atoms with Gasteiger partial charge in [-0.2, -0.15) is 0 Å². The second-order valence-corrected chi connectivity index (χ2v) is 5.53. The zero-order chi connectivity index (χ0) is 14.0. The Bertz CT molecular complexity index is 481. The maximum absolute atomic E-state index is 13.9. The largest absolute Gasteiger partial charge is 0.388 e. The van der Waals surface area contributed by atoms with Crippen molar-refractivity contribution in [2.45, 2.75) is 38.2 Å². The highest BCUT2D eigenvalue weighted by atomic mass is 19.1. The van der Waals surface area contributed by atoms with Gasteiger partial charge in [-0.15, -0.1) is 0 Å². The molecule has 0 atom stereocenters. The molecular weight excluding hydrogens is 245 g/mol. The molecule has 0 unspecified atom stereocenters. The fourth-order valence-corrected chi connectivity index (χ4v) is 2.72. The zero-order valence-electron chi connectivity index (χ0n) is 11.4. The molecule has 19 heavy (non-hydrogen) atoms. The summed E-state index contributed by atoms with van der Waals surface area (Å²) in [6.45, 7) is 1.90. The molecule has 0 spiro atoms. The van der Waals surface area contributed by atoms with E-state index < -0.39 is 11.4 Å². The van der Waals surface area contributed by atoms with Gasteiger partial charge in [-0.3, -0.25) is 4.79 Å². The lowest BCUT2D eigenvalue weighted by molar-refractivity contribution is 0.0155. The van der Waals surface area contributed by atoms with Crippen molar-refractivity contribution < 1.29 is 14.3 Å². The van der Waals surface area contributed by atoms with Gasteiger partial charge in [0, 0.05) is 13.6 Å². The Kier molecular flexibility index (Phi) is 3.90. The minimum Gasteiger partial charge on any atom is -0.388 e. The van der Waals surface area contributed by atoms with E-state index in [2.05, 4.69) is 0 Å². The van der Waals surface area contributed by atoms with Crippen LogP contribution in [0.2, 0.25) is 0 Å². The zero-order valence-corrected chi connectivity index (χ0v) is 11.4. The highest BCUT2D eigenvalue weighted by Gasteiger charge is 2.34. The Morgan fingerprint density at radius 1 is 1.42 bits per heavy atom. The van der Waals surface area contributed by atoms with Gasteiger partial charge in [-0.1, -0.05) is 25.0 Å². The topological polar surface area (TPSA) is 40.5 Å². The van der Waals surface area contributed by atoms with E-state index in [-0.39, 0.29) is 18.0 Å². The fourth-order valence-electron chi connectivity index (χ4n) is 2.72. The molecule has 0 aromatic heterocycles. The molecule has 1 aromatic carbocycles. The van der Waals surface area contributed by atoms with E-state index in [4.69, 9.17) is 0 Å². The van der Waals surface area contributed by atoms with Crippen molar-refractivity contribution >= 4 is 5.91 Å².